The van der Waals surface area contributed by atoms with Crippen LogP contribution < -0.4 is 0 Å². The van der Waals surface area contributed by atoms with Gasteiger partial charge in [-0.1, -0.05) is 10.4 Å². The molecular formula is C12H20N2O11. The monoisotopic (exact) mass is 368 g/mol. The second-order valence-electron chi connectivity index (χ2n) is 5.80. The van der Waals surface area contributed by atoms with Crippen molar-refractivity contribution < 1.29 is 44.8 Å². The number of rotatable bonds is 6. The highest BCUT2D eigenvalue weighted by molar-refractivity contribution is 4.94. The van der Waals surface area contributed by atoms with Gasteiger partial charge in [0.1, 0.15) is 49.3 Å². The third-order valence-corrected chi connectivity index (χ3v) is 4.16. The lowest BCUT2D eigenvalue weighted by Gasteiger charge is -2.41. The molecule has 0 bridgehead atoms. The zero-order valence-corrected chi connectivity index (χ0v) is 12.8. The van der Waals surface area contributed by atoms with Crippen LogP contribution in [-0.2, 0) is 14.2 Å². The van der Waals surface area contributed by atoms with Crippen LogP contribution in [0.3, 0.4) is 0 Å². The molecule has 0 aromatic carbocycles. The topological polar surface area (TPSA) is 208 Å². The van der Waals surface area contributed by atoms with Crippen LogP contribution in [0.5, 0.6) is 0 Å². The predicted octanol–water partition coefficient (Wildman–Crippen LogP) is -3.85. The van der Waals surface area contributed by atoms with E-state index in [0.29, 0.717) is 0 Å². The van der Waals surface area contributed by atoms with Crippen LogP contribution in [0, 0.1) is 9.81 Å². The molecule has 0 aliphatic carbocycles. The SMILES string of the molecule is O=NCC1OC(OCC2OC(O)C(N=O)C(O)C2O)C(O)C(O)C1O. The van der Waals surface area contributed by atoms with Crippen molar-refractivity contribution >= 4 is 0 Å². The lowest BCUT2D eigenvalue weighted by Crippen LogP contribution is -2.61. The lowest BCUT2D eigenvalue weighted by atomic mass is 9.97. The fourth-order valence-electron chi connectivity index (χ4n) is 2.65. The Labute approximate surface area is 140 Å². The molecule has 2 aliphatic rings. The fraction of sp³-hybridized carbons (Fsp3) is 1.00. The van der Waals surface area contributed by atoms with Gasteiger partial charge >= 0.3 is 0 Å². The minimum absolute atomic E-state index is 0.503. The summed E-state index contributed by atoms with van der Waals surface area (Å²) in [6, 6.07) is -1.58. The smallest absolute Gasteiger partial charge is 0.186 e. The van der Waals surface area contributed by atoms with E-state index in [1.807, 2.05) is 0 Å². The molecule has 144 valence electrons. The standard InChI is InChI=1S/C12H20N2O11/c15-6-3(1-13-21)25-12(10(19)9(6)18)23-2-4-7(16)8(17)5(14-22)11(20)24-4/h3-12,15-20H,1-2H2. The number of hydrogen-bond acceptors (Lipinski definition) is 13. The molecule has 0 radical (unpaired) electrons. The maximum atomic E-state index is 10.5. The van der Waals surface area contributed by atoms with Gasteiger partial charge < -0.3 is 44.8 Å². The van der Waals surface area contributed by atoms with Gasteiger partial charge in [0.2, 0.25) is 0 Å². The molecule has 13 nitrogen and oxygen atoms in total. The maximum absolute atomic E-state index is 10.5. The zero-order chi connectivity index (χ0) is 18.7. The molecule has 0 saturated carbocycles. The summed E-state index contributed by atoms with van der Waals surface area (Å²) in [5.41, 5.74) is 0. The summed E-state index contributed by atoms with van der Waals surface area (Å²) in [7, 11) is 0. The predicted molar refractivity (Wildman–Crippen MR) is 75.8 cm³/mol. The van der Waals surface area contributed by atoms with E-state index in [2.05, 4.69) is 10.4 Å². The summed E-state index contributed by atoms with van der Waals surface area (Å²) >= 11 is 0. The van der Waals surface area contributed by atoms with Crippen LogP contribution in [0.25, 0.3) is 0 Å². The van der Waals surface area contributed by atoms with Gasteiger partial charge in [0.25, 0.3) is 0 Å². The normalized spacial score (nSPS) is 48.1. The number of ether oxygens (including phenoxy) is 3. The van der Waals surface area contributed by atoms with E-state index in [0.717, 1.165) is 0 Å². The first-order chi connectivity index (χ1) is 11.8. The Balaban J connectivity index is 1.97. The van der Waals surface area contributed by atoms with Crippen molar-refractivity contribution in [2.45, 2.75) is 61.3 Å². The second-order valence-corrected chi connectivity index (χ2v) is 5.80. The summed E-state index contributed by atoms with van der Waals surface area (Å²) in [6.07, 6.45) is -14.1. The molecule has 2 saturated heterocycles. The number of aliphatic hydroxyl groups is 6. The van der Waals surface area contributed by atoms with E-state index in [9.17, 15) is 40.5 Å². The Kier molecular flexibility index (Phi) is 6.84. The average molecular weight is 368 g/mol. The summed E-state index contributed by atoms with van der Waals surface area (Å²) in [5, 5.41) is 63.4. The highest BCUT2D eigenvalue weighted by Gasteiger charge is 2.47. The molecule has 0 aromatic rings. The molecule has 10 unspecified atom stereocenters. The minimum atomic E-state index is -1.78. The van der Waals surface area contributed by atoms with Gasteiger partial charge in [0.05, 0.1) is 6.61 Å². The highest BCUT2D eigenvalue weighted by atomic mass is 16.7. The van der Waals surface area contributed by atoms with E-state index < -0.39 is 74.5 Å². The molecule has 2 fully saturated rings. The highest BCUT2D eigenvalue weighted by Crippen LogP contribution is 2.26. The number of aliphatic hydroxyl groups excluding tert-OH is 6. The minimum Gasteiger partial charge on any atom is -0.388 e. The third kappa shape index (κ3) is 4.16. The summed E-state index contributed by atoms with van der Waals surface area (Å²) in [5.74, 6) is 0. The van der Waals surface area contributed by atoms with Gasteiger partial charge in [-0.25, -0.2) is 0 Å². The van der Waals surface area contributed by atoms with Crippen molar-refractivity contribution in [3.8, 4) is 0 Å². The summed E-state index contributed by atoms with van der Waals surface area (Å²) in [6.45, 7) is -1.02. The van der Waals surface area contributed by atoms with Gasteiger partial charge in [-0.2, -0.15) is 9.81 Å². The van der Waals surface area contributed by atoms with Gasteiger partial charge in [0, 0.05) is 0 Å². The molecule has 2 rings (SSSR count). The largest absolute Gasteiger partial charge is 0.388 e. The summed E-state index contributed by atoms with van der Waals surface area (Å²) in [4.78, 5) is 20.8. The van der Waals surface area contributed by atoms with E-state index in [-0.39, 0.29) is 0 Å². The van der Waals surface area contributed by atoms with Gasteiger partial charge in [-0.3, -0.25) is 0 Å². The molecule has 2 heterocycles. The second kappa shape index (κ2) is 8.48. The van der Waals surface area contributed by atoms with Gasteiger partial charge in [-0.05, 0) is 0 Å². The van der Waals surface area contributed by atoms with E-state index in [4.69, 9.17) is 14.2 Å². The number of hydrogen-bond donors (Lipinski definition) is 6. The van der Waals surface area contributed by atoms with Crippen LogP contribution in [-0.4, -0.2) is 105 Å². The van der Waals surface area contributed by atoms with Crippen LogP contribution in [0.1, 0.15) is 0 Å². The number of nitroso groups, excluding NO2 is 2. The van der Waals surface area contributed by atoms with Gasteiger partial charge in [-0.15, -0.1) is 0 Å². The van der Waals surface area contributed by atoms with Crippen LogP contribution in [0.15, 0.2) is 10.4 Å². The first kappa shape index (κ1) is 20.2. The third-order valence-electron chi connectivity index (χ3n) is 4.16. The van der Waals surface area contributed by atoms with Crippen molar-refractivity contribution in [3.63, 3.8) is 0 Å². The van der Waals surface area contributed by atoms with Gasteiger partial charge in [0.15, 0.2) is 18.6 Å². The van der Waals surface area contributed by atoms with Crippen molar-refractivity contribution in [2.24, 2.45) is 10.4 Å². The Morgan fingerprint density at radius 2 is 1.44 bits per heavy atom. The zero-order valence-electron chi connectivity index (χ0n) is 12.8. The average Bonchev–Trinajstić information content (AvgIpc) is 2.59. The molecule has 0 spiro atoms. The van der Waals surface area contributed by atoms with Crippen LogP contribution >= 0.6 is 0 Å². The molecule has 0 amide bonds. The van der Waals surface area contributed by atoms with Crippen molar-refractivity contribution in [2.75, 3.05) is 13.2 Å². The molecule has 6 N–H and O–H groups in total. The van der Waals surface area contributed by atoms with E-state index in [1.54, 1.807) is 0 Å². The molecule has 10 atom stereocenters. The van der Waals surface area contributed by atoms with E-state index in [1.165, 1.54) is 0 Å². The molecule has 2 aliphatic heterocycles. The Morgan fingerprint density at radius 3 is 2.04 bits per heavy atom. The Hall–Kier alpha value is -1.16. The molecule has 0 aromatic heterocycles. The summed E-state index contributed by atoms with van der Waals surface area (Å²) < 4.78 is 15.2. The molecule has 13 heteroatoms. The first-order valence-electron chi connectivity index (χ1n) is 7.44. The van der Waals surface area contributed by atoms with Crippen LogP contribution in [0.4, 0.5) is 0 Å². The Bertz CT molecular complexity index is 468. The van der Waals surface area contributed by atoms with Crippen molar-refractivity contribution in [1.29, 1.82) is 0 Å². The van der Waals surface area contributed by atoms with Crippen molar-refractivity contribution in [3.05, 3.63) is 9.81 Å². The quantitative estimate of drug-likeness (QED) is 0.250. The van der Waals surface area contributed by atoms with Crippen molar-refractivity contribution in [1.82, 2.24) is 0 Å². The first-order valence-corrected chi connectivity index (χ1v) is 7.44. The maximum Gasteiger partial charge on any atom is 0.186 e. The van der Waals surface area contributed by atoms with E-state index >= 15 is 0 Å². The number of nitrogens with zero attached hydrogens (tertiary/aromatic N) is 2. The lowest BCUT2D eigenvalue weighted by molar-refractivity contribution is -0.313. The molecular weight excluding hydrogens is 348 g/mol. The van der Waals surface area contributed by atoms with Crippen LogP contribution in [0.2, 0.25) is 0 Å². The fourth-order valence-corrected chi connectivity index (χ4v) is 2.65. The Morgan fingerprint density at radius 1 is 0.800 bits per heavy atom. The molecule has 25 heavy (non-hydrogen) atoms.